The Labute approximate surface area is 448 Å². The minimum atomic E-state index is -0.847. The number of carbonyl (C=O) groups is 3. The van der Waals surface area contributed by atoms with Crippen LogP contribution in [0, 0.1) is 0 Å². The van der Waals surface area contributed by atoms with Crippen molar-refractivity contribution >= 4 is 17.9 Å². The Balaban J connectivity index is 4.39. The van der Waals surface area contributed by atoms with Gasteiger partial charge in [-0.1, -0.05) is 243 Å². The van der Waals surface area contributed by atoms with E-state index in [4.69, 9.17) is 14.2 Å². The minimum absolute atomic E-state index is 0.0855. The minimum Gasteiger partial charge on any atom is -0.462 e. The number of esters is 3. The first-order chi connectivity index (χ1) is 36.0. The lowest BCUT2D eigenvalue weighted by Crippen LogP contribution is -2.30. The topological polar surface area (TPSA) is 78.9 Å². The summed E-state index contributed by atoms with van der Waals surface area (Å²) in [5, 5.41) is 0. The Hall–Kier alpha value is -4.97. The molecule has 1 unspecified atom stereocenters. The molecule has 6 heteroatoms. The van der Waals surface area contributed by atoms with Crippen molar-refractivity contribution in [2.45, 2.75) is 232 Å². The summed E-state index contributed by atoms with van der Waals surface area (Å²) in [5.41, 5.74) is 0. The van der Waals surface area contributed by atoms with E-state index < -0.39 is 12.1 Å². The van der Waals surface area contributed by atoms with Crippen LogP contribution >= 0.6 is 0 Å². The number of hydrogen-bond acceptors (Lipinski definition) is 6. The molecule has 0 aromatic carbocycles. The zero-order chi connectivity index (χ0) is 52.9. The Kier molecular flexibility index (Phi) is 55.5. The number of hydrogen-bond donors (Lipinski definition) is 0. The first kappa shape index (κ1) is 68.0. The largest absolute Gasteiger partial charge is 0.462 e. The van der Waals surface area contributed by atoms with Gasteiger partial charge in [-0.05, 0) is 122 Å². The zero-order valence-corrected chi connectivity index (χ0v) is 46.6. The average Bonchev–Trinajstić information content (AvgIpc) is 3.39. The van der Waals surface area contributed by atoms with Crippen LogP contribution in [0.2, 0.25) is 0 Å². The highest BCUT2D eigenvalue weighted by Crippen LogP contribution is 2.13. The van der Waals surface area contributed by atoms with Crippen molar-refractivity contribution in [3.05, 3.63) is 158 Å². The smallest absolute Gasteiger partial charge is 0.310 e. The van der Waals surface area contributed by atoms with E-state index in [1.54, 1.807) is 6.08 Å². The van der Waals surface area contributed by atoms with Crippen molar-refractivity contribution in [3.63, 3.8) is 0 Å². The quantitative estimate of drug-likeness (QED) is 0.0261. The summed E-state index contributed by atoms with van der Waals surface area (Å²) < 4.78 is 16.7. The van der Waals surface area contributed by atoms with Gasteiger partial charge in [0.25, 0.3) is 0 Å². The summed E-state index contributed by atoms with van der Waals surface area (Å²) in [7, 11) is 0. The molecule has 73 heavy (non-hydrogen) atoms. The molecule has 0 aromatic heterocycles. The van der Waals surface area contributed by atoms with Crippen LogP contribution in [-0.4, -0.2) is 37.2 Å². The standard InChI is InChI=1S/C67H104O6/c1-4-7-10-13-16-19-22-24-26-27-28-29-30-31-32-33-34-35-36-37-38-39-41-42-45-48-51-54-57-60-66(69)72-63-64(62-71-65(68)59-56-53-50-47-44-21-18-15-12-9-6-3)73-67(70)61-58-55-52-49-46-43-40-25-23-20-17-14-11-8-5-2/h7-8,10-11,15-20,24-26,28-29,31-32,34-35,37-38,40,46,49,55,58,64H,4-6,9,12-14,21-23,27,30,33,36,39,41-45,47-48,50-54,56-57,59-63H2,1-3H3/b10-7-,11-8-,18-15-,19-16-,20-17-,26-24-,29-28-,32-31-,35-34-,38-37-,40-25-,49-46-,58-55-. The molecule has 0 N–H and O–H groups in total. The fourth-order valence-electron chi connectivity index (χ4n) is 7.24. The van der Waals surface area contributed by atoms with Gasteiger partial charge in [0.15, 0.2) is 6.10 Å². The molecule has 0 aliphatic carbocycles. The van der Waals surface area contributed by atoms with E-state index in [-0.39, 0.29) is 31.6 Å². The molecular formula is C67H104O6. The third-order valence-electron chi connectivity index (χ3n) is 11.5. The van der Waals surface area contributed by atoms with Crippen LogP contribution in [0.25, 0.3) is 0 Å². The Bertz CT molecular complexity index is 1670. The average molecular weight is 1010 g/mol. The molecule has 6 nitrogen and oxygen atoms in total. The number of rotatable bonds is 50. The van der Waals surface area contributed by atoms with Crippen LogP contribution < -0.4 is 0 Å². The highest BCUT2D eigenvalue weighted by molar-refractivity contribution is 5.72. The molecule has 0 bridgehead atoms. The summed E-state index contributed by atoms with van der Waals surface area (Å²) in [4.78, 5) is 38.0. The maximum Gasteiger partial charge on any atom is 0.310 e. The fourth-order valence-corrected chi connectivity index (χ4v) is 7.24. The Morgan fingerprint density at radius 3 is 0.918 bits per heavy atom. The van der Waals surface area contributed by atoms with Crippen LogP contribution in [0.3, 0.4) is 0 Å². The second kappa shape index (κ2) is 59.6. The van der Waals surface area contributed by atoms with Gasteiger partial charge in [0.1, 0.15) is 13.2 Å². The van der Waals surface area contributed by atoms with Gasteiger partial charge in [-0.25, -0.2) is 0 Å². The molecule has 0 rings (SSSR count). The van der Waals surface area contributed by atoms with Gasteiger partial charge in [0.2, 0.25) is 0 Å². The van der Waals surface area contributed by atoms with Crippen molar-refractivity contribution in [1.82, 2.24) is 0 Å². The van der Waals surface area contributed by atoms with Crippen molar-refractivity contribution in [3.8, 4) is 0 Å². The maximum atomic E-state index is 12.8. The van der Waals surface area contributed by atoms with Crippen LogP contribution in [0.15, 0.2) is 158 Å². The summed E-state index contributed by atoms with van der Waals surface area (Å²) in [6, 6.07) is 0. The van der Waals surface area contributed by atoms with Gasteiger partial charge in [0, 0.05) is 12.8 Å². The second-order valence-electron chi connectivity index (χ2n) is 18.4. The van der Waals surface area contributed by atoms with Crippen LogP contribution in [0.5, 0.6) is 0 Å². The number of unbranched alkanes of at least 4 members (excludes halogenated alkanes) is 14. The zero-order valence-electron chi connectivity index (χ0n) is 46.6. The third kappa shape index (κ3) is 57.8. The molecule has 0 saturated heterocycles. The normalized spacial score (nSPS) is 13.3. The highest BCUT2D eigenvalue weighted by Gasteiger charge is 2.19. The molecule has 0 amide bonds. The molecule has 0 aliphatic rings. The second-order valence-corrected chi connectivity index (χ2v) is 18.4. The molecular weight excluding hydrogens is 901 g/mol. The van der Waals surface area contributed by atoms with Crippen LogP contribution in [0.1, 0.15) is 226 Å². The van der Waals surface area contributed by atoms with Gasteiger partial charge in [-0.2, -0.15) is 0 Å². The van der Waals surface area contributed by atoms with Crippen LogP contribution in [0.4, 0.5) is 0 Å². The third-order valence-corrected chi connectivity index (χ3v) is 11.5. The van der Waals surface area contributed by atoms with Gasteiger partial charge in [-0.3, -0.25) is 14.4 Å². The van der Waals surface area contributed by atoms with Crippen LogP contribution in [-0.2, 0) is 28.6 Å². The van der Waals surface area contributed by atoms with Gasteiger partial charge >= 0.3 is 17.9 Å². The lowest BCUT2D eigenvalue weighted by atomic mass is 10.1. The summed E-state index contributed by atoms with van der Waals surface area (Å²) in [5.74, 6) is -1.09. The van der Waals surface area contributed by atoms with E-state index in [1.807, 2.05) is 6.08 Å². The summed E-state index contributed by atoms with van der Waals surface area (Å²) >= 11 is 0. The summed E-state index contributed by atoms with van der Waals surface area (Å²) in [6.45, 7) is 6.25. The van der Waals surface area contributed by atoms with Gasteiger partial charge < -0.3 is 14.2 Å². The molecule has 0 spiro atoms. The van der Waals surface area contributed by atoms with Crippen molar-refractivity contribution in [2.24, 2.45) is 0 Å². The number of carbonyl (C=O) groups excluding carboxylic acids is 3. The monoisotopic (exact) mass is 1000 g/mol. The predicted octanol–water partition coefficient (Wildman–Crippen LogP) is 19.8. The molecule has 0 radical (unpaired) electrons. The molecule has 0 heterocycles. The van der Waals surface area contributed by atoms with Crippen molar-refractivity contribution in [1.29, 1.82) is 0 Å². The first-order valence-corrected chi connectivity index (χ1v) is 29.0. The van der Waals surface area contributed by atoms with E-state index in [0.29, 0.717) is 19.3 Å². The van der Waals surface area contributed by atoms with Gasteiger partial charge in [0.05, 0.1) is 6.42 Å². The number of allylic oxidation sites excluding steroid dienone is 25. The lowest BCUT2D eigenvalue weighted by molar-refractivity contribution is -0.166. The highest BCUT2D eigenvalue weighted by atomic mass is 16.6. The summed E-state index contributed by atoms with van der Waals surface area (Å²) in [6.07, 6.45) is 87.0. The van der Waals surface area contributed by atoms with E-state index in [1.165, 1.54) is 44.9 Å². The molecule has 408 valence electrons. The molecule has 0 fully saturated rings. The molecule has 0 saturated carbocycles. The molecule has 1 atom stereocenters. The van der Waals surface area contributed by atoms with Gasteiger partial charge in [-0.15, -0.1) is 0 Å². The fraction of sp³-hybridized carbons (Fsp3) is 0.567. The van der Waals surface area contributed by atoms with E-state index >= 15 is 0 Å². The maximum absolute atomic E-state index is 12.8. The predicted molar refractivity (Wildman–Crippen MR) is 315 cm³/mol. The number of ether oxygens (including phenoxy) is 3. The van der Waals surface area contributed by atoms with Crippen molar-refractivity contribution < 1.29 is 28.6 Å². The lowest BCUT2D eigenvalue weighted by Gasteiger charge is -2.18. The van der Waals surface area contributed by atoms with E-state index in [2.05, 4.69) is 167 Å². The van der Waals surface area contributed by atoms with E-state index in [0.717, 1.165) is 135 Å². The Morgan fingerprint density at radius 2 is 0.575 bits per heavy atom. The molecule has 0 aliphatic heterocycles. The SMILES string of the molecule is CC/C=C\C/C=C\C/C=C\C/C=C\C/C=C\C/C=C\C/C=C\CCCCCCCCCC(=O)OCC(COC(=O)CCCCCCC/C=C\CCCC)OC(=O)C/C=C\C/C=C\C/C=C\C/C=C\C/C=C\CC. The molecule has 0 aromatic rings. The Morgan fingerprint density at radius 1 is 0.301 bits per heavy atom. The first-order valence-electron chi connectivity index (χ1n) is 29.0. The van der Waals surface area contributed by atoms with E-state index in [9.17, 15) is 14.4 Å². The van der Waals surface area contributed by atoms with Crippen molar-refractivity contribution in [2.75, 3.05) is 13.2 Å².